The molecule has 104 valence electrons. The highest BCUT2D eigenvalue weighted by molar-refractivity contribution is 9.10. The van der Waals surface area contributed by atoms with Crippen molar-refractivity contribution in [2.75, 3.05) is 13.1 Å². The van der Waals surface area contributed by atoms with Gasteiger partial charge in [0.25, 0.3) is 5.56 Å². The Hall–Kier alpha value is -1.46. The fraction of sp³-hybridized carbons (Fsp3) is 0.333. The van der Waals surface area contributed by atoms with E-state index in [1.807, 2.05) is 24.3 Å². The Morgan fingerprint density at radius 3 is 2.70 bits per heavy atom. The Balaban J connectivity index is 1.91. The van der Waals surface area contributed by atoms with Crippen LogP contribution in [0, 0.1) is 0 Å². The molecule has 20 heavy (non-hydrogen) atoms. The van der Waals surface area contributed by atoms with Gasteiger partial charge in [0.15, 0.2) is 0 Å². The number of likely N-dealkylation sites (tertiary alicyclic amines) is 1. The van der Waals surface area contributed by atoms with Crippen LogP contribution in [0.4, 0.5) is 0 Å². The van der Waals surface area contributed by atoms with E-state index in [2.05, 4.69) is 25.9 Å². The predicted octanol–water partition coefficient (Wildman–Crippen LogP) is 2.73. The summed E-state index contributed by atoms with van der Waals surface area (Å²) in [5, 5.41) is 4.49. The lowest BCUT2D eigenvalue weighted by Gasteiger charge is -2.15. The molecule has 4 nitrogen and oxygen atoms in total. The molecule has 1 aliphatic rings. The summed E-state index contributed by atoms with van der Waals surface area (Å²) < 4.78 is 2.57. The van der Waals surface area contributed by atoms with Crippen molar-refractivity contribution in [3.8, 4) is 11.3 Å². The van der Waals surface area contributed by atoms with E-state index in [0.29, 0.717) is 6.67 Å². The molecular weight excluding hydrogens is 318 g/mol. The highest BCUT2D eigenvalue weighted by Crippen LogP contribution is 2.20. The van der Waals surface area contributed by atoms with Crippen molar-refractivity contribution in [3.05, 3.63) is 51.2 Å². The molecule has 1 aromatic heterocycles. The van der Waals surface area contributed by atoms with Gasteiger partial charge in [0.05, 0.1) is 12.4 Å². The van der Waals surface area contributed by atoms with Crippen LogP contribution in [0.3, 0.4) is 0 Å². The van der Waals surface area contributed by atoms with Gasteiger partial charge in [-0.1, -0.05) is 28.1 Å². The topological polar surface area (TPSA) is 38.1 Å². The first-order valence-corrected chi connectivity index (χ1v) is 7.58. The van der Waals surface area contributed by atoms with E-state index < -0.39 is 0 Å². The molecule has 0 N–H and O–H groups in total. The molecule has 1 aliphatic heterocycles. The number of nitrogens with zero attached hydrogens (tertiary/aromatic N) is 3. The Kier molecular flexibility index (Phi) is 3.98. The summed E-state index contributed by atoms with van der Waals surface area (Å²) in [6.07, 6.45) is 2.42. The minimum absolute atomic E-state index is 0.0457. The normalized spacial score (nSPS) is 15.7. The smallest absolute Gasteiger partial charge is 0.268 e. The van der Waals surface area contributed by atoms with Gasteiger partial charge in [-0.2, -0.15) is 5.10 Å². The van der Waals surface area contributed by atoms with Crippen molar-refractivity contribution < 1.29 is 0 Å². The second-order valence-corrected chi connectivity index (χ2v) is 5.95. The zero-order chi connectivity index (χ0) is 13.9. The van der Waals surface area contributed by atoms with Crippen LogP contribution in [0.2, 0.25) is 0 Å². The van der Waals surface area contributed by atoms with E-state index in [9.17, 15) is 4.79 Å². The number of hydrogen-bond donors (Lipinski definition) is 0. The third-order valence-corrected chi connectivity index (χ3v) is 4.01. The van der Waals surface area contributed by atoms with Crippen LogP contribution in [-0.2, 0) is 6.67 Å². The van der Waals surface area contributed by atoms with E-state index in [1.54, 1.807) is 16.8 Å². The summed E-state index contributed by atoms with van der Waals surface area (Å²) in [7, 11) is 0. The molecule has 0 aliphatic carbocycles. The van der Waals surface area contributed by atoms with E-state index in [-0.39, 0.29) is 5.56 Å². The molecule has 0 bridgehead atoms. The number of halogens is 1. The number of benzene rings is 1. The molecule has 0 spiro atoms. The molecule has 5 heteroatoms. The van der Waals surface area contributed by atoms with E-state index >= 15 is 0 Å². The minimum Gasteiger partial charge on any atom is -0.284 e. The van der Waals surface area contributed by atoms with Crippen molar-refractivity contribution in [2.24, 2.45) is 0 Å². The van der Waals surface area contributed by atoms with Gasteiger partial charge >= 0.3 is 0 Å². The fourth-order valence-corrected chi connectivity index (χ4v) is 2.86. The van der Waals surface area contributed by atoms with Crippen LogP contribution in [0.1, 0.15) is 12.8 Å². The zero-order valence-electron chi connectivity index (χ0n) is 11.1. The Morgan fingerprint density at radius 1 is 1.15 bits per heavy atom. The highest BCUT2D eigenvalue weighted by Gasteiger charge is 2.13. The number of aromatic nitrogens is 2. The van der Waals surface area contributed by atoms with Gasteiger partial charge < -0.3 is 0 Å². The van der Waals surface area contributed by atoms with Crippen molar-refractivity contribution in [2.45, 2.75) is 19.5 Å². The quantitative estimate of drug-likeness (QED) is 0.866. The van der Waals surface area contributed by atoms with Gasteiger partial charge in [0.2, 0.25) is 0 Å². The molecule has 3 rings (SSSR count). The molecule has 0 unspecified atom stereocenters. The van der Waals surface area contributed by atoms with Gasteiger partial charge in [-0.15, -0.1) is 0 Å². The van der Waals surface area contributed by atoms with E-state index in [4.69, 9.17) is 0 Å². The second-order valence-electron chi connectivity index (χ2n) is 5.03. The summed E-state index contributed by atoms with van der Waals surface area (Å²) in [6.45, 7) is 2.69. The second kappa shape index (κ2) is 5.89. The molecule has 0 amide bonds. The van der Waals surface area contributed by atoms with Crippen LogP contribution in [-0.4, -0.2) is 27.8 Å². The Labute approximate surface area is 126 Å². The maximum atomic E-state index is 11.9. The average Bonchev–Trinajstić information content (AvgIpc) is 2.94. The SMILES string of the molecule is O=c1ccc(-c2cccc(Br)c2)nn1CN1CCCC1. The fourth-order valence-electron chi connectivity index (χ4n) is 2.47. The first-order chi connectivity index (χ1) is 9.72. The van der Waals surface area contributed by atoms with Gasteiger partial charge in [0.1, 0.15) is 0 Å². The minimum atomic E-state index is -0.0457. The van der Waals surface area contributed by atoms with Gasteiger partial charge in [-0.05, 0) is 44.1 Å². The highest BCUT2D eigenvalue weighted by atomic mass is 79.9. The predicted molar refractivity (Wildman–Crippen MR) is 82.4 cm³/mol. The lowest BCUT2D eigenvalue weighted by molar-refractivity contribution is 0.249. The van der Waals surface area contributed by atoms with Gasteiger partial charge in [-0.3, -0.25) is 9.69 Å². The molecule has 1 fully saturated rings. The molecule has 2 heterocycles. The first kappa shape index (κ1) is 13.5. The summed E-state index contributed by atoms with van der Waals surface area (Å²) in [6, 6.07) is 11.3. The van der Waals surface area contributed by atoms with Crippen LogP contribution in [0.15, 0.2) is 45.7 Å². The number of hydrogen-bond acceptors (Lipinski definition) is 3. The molecular formula is C15H16BrN3O. The average molecular weight is 334 g/mol. The maximum absolute atomic E-state index is 11.9. The standard InChI is InChI=1S/C15H16BrN3O/c16-13-5-3-4-12(10-13)14-6-7-15(20)19(17-14)11-18-8-1-2-9-18/h3-7,10H,1-2,8-9,11H2. The zero-order valence-corrected chi connectivity index (χ0v) is 12.7. The molecule has 0 radical (unpaired) electrons. The third kappa shape index (κ3) is 2.99. The molecule has 0 atom stereocenters. The summed E-state index contributed by atoms with van der Waals surface area (Å²) in [4.78, 5) is 14.2. The Morgan fingerprint density at radius 2 is 1.95 bits per heavy atom. The van der Waals surface area contributed by atoms with Crippen molar-refractivity contribution in [1.82, 2.24) is 14.7 Å². The van der Waals surface area contributed by atoms with Gasteiger partial charge in [-0.25, -0.2) is 4.68 Å². The maximum Gasteiger partial charge on any atom is 0.268 e. The largest absolute Gasteiger partial charge is 0.284 e. The Bertz CT molecular complexity index is 662. The third-order valence-electron chi connectivity index (χ3n) is 3.52. The van der Waals surface area contributed by atoms with Crippen LogP contribution >= 0.6 is 15.9 Å². The molecule has 0 saturated carbocycles. The lowest BCUT2D eigenvalue weighted by atomic mass is 10.1. The summed E-state index contributed by atoms with van der Waals surface area (Å²) in [5.74, 6) is 0. The molecule has 1 aromatic carbocycles. The van der Waals surface area contributed by atoms with E-state index in [1.165, 1.54) is 12.8 Å². The van der Waals surface area contributed by atoms with Gasteiger partial charge in [0, 0.05) is 16.1 Å². The summed E-state index contributed by atoms with van der Waals surface area (Å²) in [5.41, 5.74) is 1.79. The monoisotopic (exact) mass is 333 g/mol. The van der Waals surface area contributed by atoms with Crippen molar-refractivity contribution in [1.29, 1.82) is 0 Å². The van der Waals surface area contributed by atoms with Crippen LogP contribution < -0.4 is 5.56 Å². The van der Waals surface area contributed by atoms with Crippen LogP contribution in [0.25, 0.3) is 11.3 Å². The van der Waals surface area contributed by atoms with Crippen molar-refractivity contribution >= 4 is 15.9 Å². The first-order valence-electron chi connectivity index (χ1n) is 6.79. The molecule has 2 aromatic rings. The lowest BCUT2D eigenvalue weighted by Crippen LogP contribution is -2.31. The van der Waals surface area contributed by atoms with Crippen LogP contribution in [0.5, 0.6) is 0 Å². The number of rotatable bonds is 3. The summed E-state index contributed by atoms with van der Waals surface area (Å²) >= 11 is 3.46. The van der Waals surface area contributed by atoms with E-state index in [0.717, 1.165) is 28.8 Å². The molecule has 1 saturated heterocycles. The van der Waals surface area contributed by atoms with Crippen molar-refractivity contribution in [3.63, 3.8) is 0 Å².